The SMILES string of the molecule is CCCCCC/C=C\C=C\CCCCCCCC(=O)Oc1ccc2c(c1)CC[C@@H]1[C@@H]2CC[C@]2(C)C(=O)CC[C@@H]12. The van der Waals surface area contributed by atoms with E-state index in [0.717, 1.165) is 57.8 Å². The molecule has 0 heterocycles. The van der Waals surface area contributed by atoms with Crippen molar-refractivity contribution in [2.75, 3.05) is 0 Å². The average molecular weight is 533 g/mol. The van der Waals surface area contributed by atoms with Crippen molar-refractivity contribution in [3.8, 4) is 5.75 Å². The van der Waals surface area contributed by atoms with Gasteiger partial charge in [-0.05, 0) is 105 Å². The van der Waals surface area contributed by atoms with Gasteiger partial charge in [-0.25, -0.2) is 0 Å². The van der Waals surface area contributed by atoms with Crippen molar-refractivity contribution < 1.29 is 14.3 Å². The van der Waals surface area contributed by atoms with Crippen LogP contribution in [0.4, 0.5) is 0 Å². The monoisotopic (exact) mass is 532 g/mol. The lowest BCUT2D eigenvalue weighted by Gasteiger charge is -2.48. The van der Waals surface area contributed by atoms with Gasteiger partial charge in [0.2, 0.25) is 0 Å². The van der Waals surface area contributed by atoms with Crippen LogP contribution in [-0.4, -0.2) is 11.8 Å². The maximum absolute atomic E-state index is 12.6. The molecule has 0 unspecified atom stereocenters. The number of rotatable bonds is 15. The minimum Gasteiger partial charge on any atom is -0.427 e. The van der Waals surface area contributed by atoms with Gasteiger partial charge in [-0.2, -0.15) is 0 Å². The van der Waals surface area contributed by atoms with Crippen LogP contribution in [-0.2, 0) is 16.0 Å². The molecule has 3 heteroatoms. The molecule has 39 heavy (non-hydrogen) atoms. The zero-order valence-corrected chi connectivity index (χ0v) is 24.7. The molecule has 1 aromatic rings. The Hall–Kier alpha value is -2.16. The summed E-state index contributed by atoms with van der Waals surface area (Å²) in [4.78, 5) is 25.0. The highest BCUT2D eigenvalue weighted by Crippen LogP contribution is 2.59. The maximum Gasteiger partial charge on any atom is 0.311 e. The first-order valence-electron chi connectivity index (χ1n) is 16.2. The summed E-state index contributed by atoms with van der Waals surface area (Å²) in [5.41, 5.74) is 2.72. The zero-order valence-electron chi connectivity index (χ0n) is 24.7. The molecule has 3 aliphatic carbocycles. The van der Waals surface area contributed by atoms with E-state index in [2.05, 4.69) is 50.3 Å². The van der Waals surface area contributed by atoms with Crippen LogP contribution in [0.5, 0.6) is 5.75 Å². The molecule has 0 radical (unpaired) electrons. The van der Waals surface area contributed by atoms with Crippen molar-refractivity contribution in [1.29, 1.82) is 0 Å². The van der Waals surface area contributed by atoms with Gasteiger partial charge in [0.25, 0.3) is 0 Å². The Morgan fingerprint density at radius 3 is 2.41 bits per heavy atom. The van der Waals surface area contributed by atoms with Crippen LogP contribution in [0.3, 0.4) is 0 Å². The Balaban J connectivity index is 1.09. The highest BCUT2D eigenvalue weighted by atomic mass is 16.5. The Morgan fingerprint density at radius 1 is 0.923 bits per heavy atom. The van der Waals surface area contributed by atoms with E-state index in [9.17, 15) is 9.59 Å². The Kier molecular flexibility index (Phi) is 11.5. The molecular formula is C36H52O3. The van der Waals surface area contributed by atoms with E-state index < -0.39 is 0 Å². The van der Waals surface area contributed by atoms with Gasteiger partial charge in [0.15, 0.2) is 0 Å². The molecule has 214 valence electrons. The number of carbonyl (C=O) groups is 2. The number of ether oxygens (including phenoxy) is 1. The predicted molar refractivity (Wildman–Crippen MR) is 161 cm³/mol. The van der Waals surface area contributed by atoms with E-state index in [1.807, 2.05) is 6.07 Å². The average Bonchev–Trinajstić information content (AvgIpc) is 3.24. The van der Waals surface area contributed by atoms with Gasteiger partial charge in [-0.1, -0.05) is 82.7 Å². The molecule has 0 aliphatic heterocycles. The van der Waals surface area contributed by atoms with Crippen LogP contribution in [0.15, 0.2) is 42.5 Å². The predicted octanol–water partition coefficient (Wildman–Crippen LogP) is 9.83. The van der Waals surface area contributed by atoms with Crippen LogP contribution in [0.2, 0.25) is 0 Å². The molecule has 0 bridgehead atoms. The molecule has 2 fully saturated rings. The van der Waals surface area contributed by atoms with Crippen LogP contribution in [0.1, 0.15) is 140 Å². The van der Waals surface area contributed by atoms with Crippen molar-refractivity contribution >= 4 is 11.8 Å². The van der Waals surface area contributed by atoms with E-state index in [1.54, 1.807) is 0 Å². The fraction of sp³-hybridized carbons (Fsp3) is 0.667. The molecule has 0 N–H and O–H groups in total. The molecule has 4 rings (SSSR count). The van der Waals surface area contributed by atoms with Crippen molar-refractivity contribution in [2.24, 2.45) is 17.3 Å². The number of unbranched alkanes of at least 4 members (excludes halogenated alkanes) is 9. The third-order valence-electron chi connectivity index (χ3n) is 10.00. The number of benzene rings is 1. The van der Waals surface area contributed by atoms with Crippen molar-refractivity contribution in [3.05, 3.63) is 53.6 Å². The molecule has 0 aromatic heterocycles. The summed E-state index contributed by atoms with van der Waals surface area (Å²) in [5.74, 6) is 2.85. The second-order valence-corrected chi connectivity index (χ2v) is 12.7. The second-order valence-electron chi connectivity index (χ2n) is 12.7. The van der Waals surface area contributed by atoms with Gasteiger partial charge in [-0.3, -0.25) is 9.59 Å². The molecule has 0 spiro atoms. The molecule has 2 saturated carbocycles. The summed E-state index contributed by atoms with van der Waals surface area (Å²) >= 11 is 0. The number of esters is 1. The quantitative estimate of drug-likeness (QED) is 0.0977. The topological polar surface area (TPSA) is 43.4 Å². The van der Waals surface area contributed by atoms with Gasteiger partial charge in [0.05, 0.1) is 0 Å². The van der Waals surface area contributed by atoms with E-state index in [-0.39, 0.29) is 11.4 Å². The van der Waals surface area contributed by atoms with Crippen molar-refractivity contribution in [1.82, 2.24) is 0 Å². The smallest absolute Gasteiger partial charge is 0.311 e. The Bertz CT molecular complexity index is 1000. The van der Waals surface area contributed by atoms with Gasteiger partial charge in [-0.15, -0.1) is 0 Å². The number of ketones is 1. The van der Waals surface area contributed by atoms with Crippen LogP contribution >= 0.6 is 0 Å². The molecule has 0 saturated heterocycles. The van der Waals surface area contributed by atoms with Crippen molar-refractivity contribution in [3.63, 3.8) is 0 Å². The molecular weight excluding hydrogens is 480 g/mol. The van der Waals surface area contributed by atoms with E-state index in [0.29, 0.717) is 35.7 Å². The third kappa shape index (κ3) is 7.95. The van der Waals surface area contributed by atoms with Crippen molar-refractivity contribution in [2.45, 2.75) is 135 Å². The zero-order chi connectivity index (χ0) is 27.5. The van der Waals surface area contributed by atoms with E-state index in [4.69, 9.17) is 4.74 Å². The number of carbonyl (C=O) groups excluding carboxylic acids is 2. The lowest BCUT2D eigenvalue weighted by atomic mass is 9.55. The fourth-order valence-electron chi connectivity index (χ4n) is 7.68. The minimum atomic E-state index is -0.106. The summed E-state index contributed by atoms with van der Waals surface area (Å²) in [6.07, 6.45) is 28.9. The first-order chi connectivity index (χ1) is 19.0. The number of aryl methyl sites for hydroxylation is 1. The summed E-state index contributed by atoms with van der Waals surface area (Å²) in [7, 11) is 0. The lowest BCUT2D eigenvalue weighted by molar-refractivity contribution is -0.134. The lowest BCUT2D eigenvalue weighted by Crippen LogP contribution is -2.42. The highest BCUT2D eigenvalue weighted by Gasteiger charge is 2.54. The third-order valence-corrected chi connectivity index (χ3v) is 10.00. The number of fused-ring (bicyclic) bond motifs is 5. The Morgan fingerprint density at radius 2 is 1.64 bits per heavy atom. The first kappa shape index (κ1) is 29.8. The summed E-state index contributed by atoms with van der Waals surface area (Å²) < 4.78 is 5.74. The number of allylic oxidation sites excluding steroid dienone is 4. The van der Waals surface area contributed by atoms with Crippen LogP contribution in [0.25, 0.3) is 0 Å². The van der Waals surface area contributed by atoms with E-state index >= 15 is 0 Å². The number of hydrogen-bond donors (Lipinski definition) is 0. The van der Waals surface area contributed by atoms with E-state index in [1.165, 1.54) is 62.5 Å². The van der Waals surface area contributed by atoms with Gasteiger partial charge >= 0.3 is 5.97 Å². The fourth-order valence-corrected chi connectivity index (χ4v) is 7.68. The molecule has 1 aromatic carbocycles. The number of hydrogen-bond acceptors (Lipinski definition) is 3. The standard InChI is InChI=1S/C36H52O3/c1-3-4-5-6-7-8-9-10-11-12-13-14-15-16-17-18-35(38)39-29-20-22-30-28(27-29)19-21-32-31(30)25-26-36(2)33(32)23-24-34(36)37/h8-11,20,22,27,31-33H,3-7,12-19,21,23-26H2,1-2H3/b9-8-,11-10+/t31-,32-,33+,36+/m1/s1. The summed E-state index contributed by atoms with van der Waals surface area (Å²) in [6, 6.07) is 6.33. The first-order valence-corrected chi connectivity index (χ1v) is 16.2. The second kappa shape index (κ2) is 15.0. The van der Waals surface area contributed by atoms with Gasteiger partial charge in [0.1, 0.15) is 11.5 Å². The maximum atomic E-state index is 12.6. The normalized spacial score (nSPS) is 26.1. The molecule has 4 atom stereocenters. The highest BCUT2D eigenvalue weighted by molar-refractivity contribution is 5.87. The van der Waals surface area contributed by atoms with Crippen LogP contribution < -0.4 is 4.74 Å². The largest absolute Gasteiger partial charge is 0.427 e. The Labute approximate surface area is 237 Å². The molecule has 3 aliphatic rings. The van der Waals surface area contributed by atoms with Gasteiger partial charge in [0, 0.05) is 18.3 Å². The summed E-state index contributed by atoms with van der Waals surface area (Å²) in [6.45, 7) is 4.48. The van der Waals surface area contributed by atoms with Gasteiger partial charge < -0.3 is 4.74 Å². The molecule has 0 amide bonds. The molecule has 3 nitrogen and oxygen atoms in total. The minimum absolute atomic E-state index is 0.0737. The number of Topliss-reactive ketones (excluding diaryl/α,β-unsaturated/α-hetero) is 1. The van der Waals surface area contributed by atoms with Crippen LogP contribution in [0, 0.1) is 17.3 Å². The summed E-state index contributed by atoms with van der Waals surface area (Å²) in [5, 5.41) is 0.